The van der Waals surface area contributed by atoms with Crippen LogP contribution >= 0.6 is 0 Å². The van der Waals surface area contributed by atoms with Gasteiger partial charge in [-0.15, -0.1) is 0 Å². The number of unbranched alkanes of at least 4 members (excludes halogenated alkanes) is 5. The Morgan fingerprint density at radius 2 is 1.82 bits per heavy atom. The van der Waals surface area contributed by atoms with Crippen LogP contribution in [0.1, 0.15) is 71.1 Å². The van der Waals surface area contributed by atoms with Crippen LogP contribution in [-0.2, 0) is 4.74 Å². The minimum absolute atomic E-state index is 0.505. The second-order valence-corrected chi connectivity index (χ2v) is 5.44. The average molecular weight is 241 g/mol. The quantitative estimate of drug-likeness (QED) is 0.618. The Balaban J connectivity index is 1.91. The predicted octanol–water partition coefficient (Wildman–Crippen LogP) is 3.89. The molecule has 2 nitrogen and oxygen atoms in total. The smallest absolute Gasteiger partial charge is 0.0586 e. The van der Waals surface area contributed by atoms with Gasteiger partial charge in [-0.2, -0.15) is 0 Å². The summed E-state index contributed by atoms with van der Waals surface area (Å²) in [6.45, 7) is 3.48. The van der Waals surface area contributed by atoms with Crippen molar-refractivity contribution in [2.24, 2.45) is 0 Å². The maximum absolute atomic E-state index is 5.45. The second-order valence-electron chi connectivity index (χ2n) is 5.44. The van der Waals surface area contributed by atoms with Crippen LogP contribution < -0.4 is 5.32 Å². The Labute approximate surface area is 108 Å². The number of hydrogen-bond acceptors (Lipinski definition) is 2. The molecule has 0 saturated heterocycles. The zero-order valence-corrected chi connectivity index (χ0v) is 11.8. The summed E-state index contributed by atoms with van der Waals surface area (Å²) in [5.41, 5.74) is 0. The van der Waals surface area contributed by atoms with Crippen LogP contribution in [0.2, 0.25) is 0 Å². The Kier molecular flexibility index (Phi) is 8.72. The van der Waals surface area contributed by atoms with Gasteiger partial charge < -0.3 is 10.1 Å². The van der Waals surface area contributed by atoms with Gasteiger partial charge in [0.25, 0.3) is 0 Å². The van der Waals surface area contributed by atoms with Gasteiger partial charge in [-0.3, -0.25) is 0 Å². The lowest BCUT2D eigenvalue weighted by molar-refractivity contribution is 0.0589. The van der Waals surface area contributed by atoms with Crippen molar-refractivity contribution in [1.82, 2.24) is 5.32 Å². The molecule has 1 rings (SSSR count). The van der Waals surface area contributed by atoms with E-state index in [1.807, 2.05) is 7.11 Å². The number of ether oxygens (including phenoxy) is 1. The second kappa shape index (κ2) is 9.90. The fraction of sp³-hybridized carbons (Fsp3) is 1.00. The molecule has 0 heterocycles. The molecule has 1 N–H and O–H groups in total. The molecule has 0 aromatic carbocycles. The van der Waals surface area contributed by atoms with Crippen molar-refractivity contribution in [2.45, 2.75) is 83.3 Å². The molecule has 2 unspecified atom stereocenters. The van der Waals surface area contributed by atoms with Crippen LogP contribution in [0.25, 0.3) is 0 Å². The third kappa shape index (κ3) is 7.05. The zero-order valence-electron chi connectivity index (χ0n) is 11.8. The van der Waals surface area contributed by atoms with Gasteiger partial charge in [0.1, 0.15) is 0 Å². The van der Waals surface area contributed by atoms with Crippen LogP contribution in [0.15, 0.2) is 0 Å². The van der Waals surface area contributed by atoms with E-state index < -0.39 is 0 Å². The normalized spacial score (nSPS) is 25.1. The van der Waals surface area contributed by atoms with E-state index >= 15 is 0 Å². The Bertz CT molecular complexity index is 172. The molecule has 102 valence electrons. The van der Waals surface area contributed by atoms with Crippen LogP contribution in [0, 0.1) is 0 Å². The van der Waals surface area contributed by atoms with E-state index in [0.717, 1.165) is 0 Å². The van der Waals surface area contributed by atoms with Crippen LogP contribution in [-0.4, -0.2) is 25.8 Å². The number of hydrogen-bond donors (Lipinski definition) is 1. The van der Waals surface area contributed by atoms with Crippen molar-refractivity contribution in [3.63, 3.8) is 0 Å². The maximum atomic E-state index is 5.45. The highest BCUT2D eigenvalue weighted by Gasteiger charge is 2.20. The molecule has 0 aromatic heterocycles. The molecule has 2 atom stereocenters. The largest absolute Gasteiger partial charge is 0.381 e. The molecule has 1 aliphatic carbocycles. The van der Waals surface area contributed by atoms with Gasteiger partial charge in [-0.25, -0.2) is 0 Å². The first-order valence-electron chi connectivity index (χ1n) is 7.63. The SMILES string of the molecule is CCCCCCCCNC1CCCC(OC)C1. The Hall–Kier alpha value is -0.0800. The van der Waals surface area contributed by atoms with Crippen molar-refractivity contribution in [1.29, 1.82) is 0 Å². The third-order valence-corrected chi connectivity index (χ3v) is 3.92. The van der Waals surface area contributed by atoms with E-state index in [1.165, 1.54) is 70.8 Å². The molecule has 17 heavy (non-hydrogen) atoms. The van der Waals surface area contributed by atoms with E-state index in [2.05, 4.69) is 12.2 Å². The minimum Gasteiger partial charge on any atom is -0.381 e. The molecule has 1 aliphatic rings. The van der Waals surface area contributed by atoms with Crippen molar-refractivity contribution in [3.8, 4) is 0 Å². The van der Waals surface area contributed by atoms with Gasteiger partial charge in [0.2, 0.25) is 0 Å². The highest BCUT2D eigenvalue weighted by Crippen LogP contribution is 2.20. The van der Waals surface area contributed by atoms with Crippen molar-refractivity contribution in [3.05, 3.63) is 0 Å². The van der Waals surface area contributed by atoms with Gasteiger partial charge >= 0.3 is 0 Å². The molecule has 0 aromatic rings. The molecule has 0 aliphatic heterocycles. The maximum Gasteiger partial charge on any atom is 0.0586 e. The standard InChI is InChI=1S/C15H31NO/c1-3-4-5-6-7-8-12-16-14-10-9-11-15(13-14)17-2/h14-16H,3-13H2,1-2H3. The first kappa shape index (κ1) is 15.0. The summed E-state index contributed by atoms with van der Waals surface area (Å²) < 4.78 is 5.45. The molecule has 1 saturated carbocycles. The fourth-order valence-corrected chi connectivity index (χ4v) is 2.76. The lowest BCUT2D eigenvalue weighted by Gasteiger charge is -2.28. The zero-order chi connectivity index (χ0) is 12.3. The number of nitrogens with one attached hydrogen (secondary N) is 1. The van der Waals surface area contributed by atoms with Crippen molar-refractivity contribution >= 4 is 0 Å². The molecular weight excluding hydrogens is 210 g/mol. The third-order valence-electron chi connectivity index (χ3n) is 3.92. The van der Waals surface area contributed by atoms with Gasteiger partial charge in [0.15, 0.2) is 0 Å². The van der Waals surface area contributed by atoms with Gasteiger partial charge in [0, 0.05) is 13.2 Å². The fourth-order valence-electron chi connectivity index (χ4n) is 2.76. The lowest BCUT2D eigenvalue weighted by Crippen LogP contribution is -2.37. The summed E-state index contributed by atoms with van der Waals surface area (Å²) in [5, 5.41) is 3.70. The molecule has 0 amide bonds. The van der Waals surface area contributed by atoms with E-state index in [9.17, 15) is 0 Å². The summed E-state index contributed by atoms with van der Waals surface area (Å²) in [6, 6.07) is 0.712. The molecular formula is C15H31NO. The van der Waals surface area contributed by atoms with Crippen molar-refractivity contribution < 1.29 is 4.74 Å². The summed E-state index contributed by atoms with van der Waals surface area (Å²) in [7, 11) is 1.85. The Morgan fingerprint density at radius 1 is 1.06 bits per heavy atom. The van der Waals surface area contributed by atoms with Crippen LogP contribution in [0.3, 0.4) is 0 Å². The van der Waals surface area contributed by atoms with E-state index in [0.29, 0.717) is 12.1 Å². The highest BCUT2D eigenvalue weighted by atomic mass is 16.5. The van der Waals surface area contributed by atoms with Gasteiger partial charge in [-0.1, -0.05) is 39.0 Å². The molecule has 0 bridgehead atoms. The predicted molar refractivity (Wildman–Crippen MR) is 74.4 cm³/mol. The van der Waals surface area contributed by atoms with Gasteiger partial charge in [-0.05, 0) is 38.6 Å². The topological polar surface area (TPSA) is 21.3 Å². The number of rotatable bonds is 9. The monoisotopic (exact) mass is 241 g/mol. The number of methoxy groups -OCH3 is 1. The van der Waals surface area contributed by atoms with Gasteiger partial charge in [0.05, 0.1) is 6.10 Å². The van der Waals surface area contributed by atoms with E-state index in [4.69, 9.17) is 4.74 Å². The molecule has 2 heteroatoms. The Morgan fingerprint density at radius 3 is 2.59 bits per heavy atom. The summed E-state index contributed by atoms with van der Waals surface area (Å²) in [6.07, 6.45) is 14.0. The molecule has 0 radical (unpaired) electrons. The lowest BCUT2D eigenvalue weighted by atomic mass is 9.93. The summed E-state index contributed by atoms with van der Waals surface area (Å²) in [5.74, 6) is 0. The van der Waals surface area contributed by atoms with Crippen molar-refractivity contribution in [2.75, 3.05) is 13.7 Å². The van der Waals surface area contributed by atoms with E-state index in [-0.39, 0.29) is 0 Å². The minimum atomic E-state index is 0.505. The average Bonchev–Trinajstić information content (AvgIpc) is 2.38. The summed E-state index contributed by atoms with van der Waals surface area (Å²) in [4.78, 5) is 0. The molecule has 0 spiro atoms. The van der Waals surface area contributed by atoms with Crippen LogP contribution in [0.4, 0.5) is 0 Å². The first-order valence-corrected chi connectivity index (χ1v) is 7.63. The summed E-state index contributed by atoms with van der Waals surface area (Å²) >= 11 is 0. The van der Waals surface area contributed by atoms with Crippen LogP contribution in [0.5, 0.6) is 0 Å². The molecule has 1 fully saturated rings. The van der Waals surface area contributed by atoms with E-state index in [1.54, 1.807) is 0 Å². The first-order chi connectivity index (χ1) is 8.36. The highest BCUT2D eigenvalue weighted by molar-refractivity contribution is 4.78.